The highest BCUT2D eigenvalue weighted by Crippen LogP contribution is 2.22. The highest BCUT2D eigenvalue weighted by atomic mass is 31.1. The molecule has 0 spiro atoms. The minimum Gasteiger partial charge on any atom is -0.605 e. The molecule has 6 nitrogen and oxygen atoms in total. The Morgan fingerprint density at radius 3 is 2.08 bits per heavy atom. The molecule has 0 aliphatic heterocycles. The number of carboxylic acids is 1. The lowest BCUT2D eigenvalue weighted by molar-refractivity contribution is -0.162. The average molecular weight is 387 g/mol. The van der Waals surface area contributed by atoms with Crippen molar-refractivity contribution in [2.75, 3.05) is 6.61 Å². The van der Waals surface area contributed by atoms with E-state index >= 15 is 0 Å². The summed E-state index contributed by atoms with van der Waals surface area (Å²) in [7, 11) is -2.57. The van der Waals surface area contributed by atoms with E-state index in [1.165, 1.54) is 32.1 Å². The minimum absolute atomic E-state index is 0.147. The summed E-state index contributed by atoms with van der Waals surface area (Å²) in [5, 5.41) is 17.5. The molecule has 0 amide bonds. The van der Waals surface area contributed by atoms with E-state index in [0.717, 1.165) is 32.1 Å². The van der Waals surface area contributed by atoms with Crippen molar-refractivity contribution in [1.29, 1.82) is 0 Å². The molecule has 2 N–H and O–H groups in total. The van der Waals surface area contributed by atoms with Crippen molar-refractivity contribution in [2.24, 2.45) is 4.74 Å². The Morgan fingerprint density at radius 2 is 1.54 bits per heavy atom. The summed E-state index contributed by atoms with van der Waals surface area (Å²) in [6, 6.07) is -1.48. The smallest absolute Gasteiger partial charge is 0.341 e. The second kappa shape index (κ2) is 17.3. The molecular weight excluding hydrogens is 353 g/mol. The molecule has 26 heavy (non-hydrogen) atoms. The summed E-state index contributed by atoms with van der Waals surface area (Å²) < 4.78 is 3.38. The molecule has 0 bridgehead atoms. The summed E-state index contributed by atoms with van der Waals surface area (Å²) in [6.07, 6.45) is 16.9. The number of rotatable bonds is 17. The molecule has 0 rings (SSSR count). The Bertz CT molecular complexity index is 451. The molecule has 0 aromatic heterocycles. The highest BCUT2D eigenvalue weighted by Gasteiger charge is 2.22. The largest absolute Gasteiger partial charge is 0.605 e. The quantitative estimate of drug-likeness (QED) is 0.221. The molecule has 0 heterocycles. The first-order valence-electron chi connectivity index (χ1n) is 9.72. The number of carbonyl (C=O) groups is 2. The first kappa shape index (κ1) is 24.9. The molecule has 0 saturated carbocycles. The lowest BCUT2D eigenvalue weighted by atomic mass is 10.1. The number of carbonyl (C=O) groups excluding carboxylic acids is 1. The van der Waals surface area contributed by atoms with Crippen LogP contribution in [0, 0.1) is 0 Å². The Morgan fingerprint density at radius 1 is 1.00 bits per heavy atom. The van der Waals surface area contributed by atoms with Crippen molar-refractivity contribution in [3.63, 3.8) is 0 Å². The van der Waals surface area contributed by atoms with Crippen LogP contribution >= 0.6 is 7.94 Å². The number of unbranched alkanes of at least 4 members (excludes halogenated alkanes) is 9. The van der Waals surface area contributed by atoms with Crippen LogP contribution in [0.1, 0.15) is 84.0 Å². The van der Waals surface area contributed by atoms with Gasteiger partial charge in [0.05, 0.1) is 13.0 Å². The fourth-order valence-electron chi connectivity index (χ4n) is 2.44. The van der Waals surface area contributed by atoms with Gasteiger partial charge in [0.1, 0.15) is 0 Å². The van der Waals surface area contributed by atoms with Crippen LogP contribution in [0.5, 0.6) is 0 Å². The van der Waals surface area contributed by atoms with Gasteiger partial charge in [-0.15, -0.1) is 0 Å². The van der Waals surface area contributed by atoms with Crippen molar-refractivity contribution in [3.8, 4) is 0 Å². The second-order valence-corrected chi connectivity index (χ2v) is 7.72. The Labute approximate surface area is 158 Å². The highest BCUT2D eigenvalue weighted by molar-refractivity contribution is 7.59. The van der Waals surface area contributed by atoms with E-state index < -0.39 is 32.1 Å². The van der Waals surface area contributed by atoms with E-state index in [-0.39, 0.29) is 6.42 Å². The van der Waals surface area contributed by atoms with Crippen molar-refractivity contribution in [2.45, 2.75) is 90.0 Å². The number of aliphatic hydroxyl groups excluding tert-OH is 1. The van der Waals surface area contributed by atoms with Gasteiger partial charge in [0.15, 0.2) is 0 Å². The van der Waals surface area contributed by atoms with E-state index in [0.29, 0.717) is 6.42 Å². The number of aliphatic hydroxyl groups is 1. The summed E-state index contributed by atoms with van der Waals surface area (Å²) in [5.74, 6) is -1.38. The van der Waals surface area contributed by atoms with Crippen LogP contribution in [-0.2, 0) is 9.59 Å². The molecule has 2 atom stereocenters. The molecule has 0 saturated heterocycles. The van der Waals surface area contributed by atoms with Gasteiger partial charge in [0, 0.05) is 0 Å². The second-order valence-electron chi connectivity index (χ2n) is 6.45. The Balaban J connectivity index is 3.65. The number of hydrogen-bond acceptors (Lipinski definition) is 5. The zero-order chi connectivity index (χ0) is 19.6. The van der Waals surface area contributed by atoms with E-state index in [1.54, 1.807) is 0 Å². The number of allylic oxidation sites excluding steroid dienone is 2. The Hall–Kier alpha value is -1.10. The standard InChI is InChI=1S/C19H34NO5P/c1-2-3-4-5-6-7-8-9-10-11-12-13-14-15-18(22)26(25)20-17(16-21)19(23)24/h7-8,17,21H,2-6,9-16H2,1H3,(H,23,24)/b8-7-/t17-/m0/s1. The van der Waals surface area contributed by atoms with Crippen molar-refractivity contribution < 1.29 is 24.7 Å². The molecule has 0 radical (unpaired) electrons. The molecular formula is C19H34NO5P. The third kappa shape index (κ3) is 14.1. The van der Waals surface area contributed by atoms with Gasteiger partial charge in [0.2, 0.25) is 14.0 Å². The molecule has 0 aliphatic rings. The number of hydrogen-bond donors (Lipinski definition) is 2. The number of carboxylic acid groups (broad SMARTS) is 1. The monoisotopic (exact) mass is 387 g/mol. The van der Waals surface area contributed by atoms with Crippen LogP contribution in [0.4, 0.5) is 0 Å². The normalized spacial score (nSPS) is 13.3. The van der Waals surface area contributed by atoms with Crippen LogP contribution in [0.3, 0.4) is 0 Å². The molecule has 0 aromatic carbocycles. The van der Waals surface area contributed by atoms with Gasteiger partial charge in [0.25, 0.3) is 0 Å². The molecule has 150 valence electrons. The summed E-state index contributed by atoms with van der Waals surface area (Å²) in [6.45, 7) is 1.46. The minimum atomic E-state index is -2.57. The van der Waals surface area contributed by atoms with Crippen molar-refractivity contribution >= 4 is 19.4 Å². The molecule has 1 unspecified atom stereocenters. The van der Waals surface area contributed by atoms with E-state index in [9.17, 15) is 14.5 Å². The molecule has 0 aliphatic carbocycles. The van der Waals surface area contributed by atoms with Gasteiger partial charge in [-0.2, -0.15) is 0 Å². The fourth-order valence-corrected chi connectivity index (χ4v) is 3.35. The number of aliphatic carboxylic acids is 1. The number of nitrogens with zero attached hydrogens (tertiary/aromatic N) is 1. The average Bonchev–Trinajstić information content (AvgIpc) is 2.62. The lowest BCUT2D eigenvalue weighted by Crippen LogP contribution is -2.22. The van der Waals surface area contributed by atoms with Gasteiger partial charge in [-0.1, -0.05) is 62.3 Å². The van der Waals surface area contributed by atoms with Gasteiger partial charge >= 0.3 is 11.5 Å². The summed E-state index contributed by atoms with van der Waals surface area (Å²) in [4.78, 5) is 33.9. The predicted octanol–water partition coefficient (Wildman–Crippen LogP) is 4.16. The third-order valence-corrected chi connectivity index (χ3v) is 5.21. The fraction of sp³-hybridized carbons (Fsp3) is 0.789. The van der Waals surface area contributed by atoms with Crippen LogP contribution in [-0.4, -0.2) is 34.4 Å². The first-order chi connectivity index (χ1) is 12.5. The van der Waals surface area contributed by atoms with Crippen LogP contribution in [0.15, 0.2) is 16.9 Å². The van der Waals surface area contributed by atoms with Gasteiger partial charge in [-0.05, 0) is 32.1 Å². The lowest BCUT2D eigenvalue weighted by Gasteiger charge is -2.01. The maximum absolute atomic E-state index is 11.7. The van der Waals surface area contributed by atoms with E-state index in [1.807, 2.05) is 0 Å². The van der Waals surface area contributed by atoms with Crippen LogP contribution in [0.25, 0.3) is 0 Å². The maximum atomic E-state index is 11.7. The van der Waals surface area contributed by atoms with Crippen LogP contribution < -0.4 is 4.89 Å². The summed E-state index contributed by atoms with van der Waals surface area (Å²) in [5.41, 5.74) is -0.536. The van der Waals surface area contributed by atoms with Crippen molar-refractivity contribution in [3.05, 3.63) is 12.2 Å². The Kier molecular flexibility index (Phi) is 16.6. The SMILES string of the molecule is CCCCCC/C=C\CCCCCCCC(=O)[P+]([O-])=N[C@@H](CO)C(=O)O. The topological polar surface area (TPSA) is 110 Å². The molecule has 0 aromatic rings. The zero-order valence-electron chi connectivity index (χ0n) is 15.9. The maximum Gasteiger partial charge on any atom is 0.341 e. The molecule has 0 fully saturated rings. The first-order valence-corrected chi connectivity index (χ1v) is 10.9. The third-order valence-electron chi connectivity index (χ3n) is 4.07. The van der Waals surface area contributed by atoms with E-state index in [2.05, 4.69) is 23.8 Å². The van der Waals surface area contributed by atoms with Gasteiger partial charge < -0.3 is 15.1 Å². The molecule has 7 heteroatoms. The predicted molar refractivity (Wildman–Crippen MR) is 103 cm³/mol. The van der Waals surface area contributed by atoms with Gasteiger partial charge in [-0.25, -0.2) is 9.59 Å². The van der Waals surface area contributed by atoms with Crippen molar-refractivity contribution in [1.82, 2.24) is 0 Å². The van der Waals surface area contributed by atoms with Crippen LogP contribution in [0.2, 0.25) is 0 Å². The summed E-state index contributed by atoms with van der Waals surface area (Å²) >= 11 is 0. The zero-order valence-corrected chi connectivity index (χ0v) is 16.8. The van der Waals surface area contributed by atoms with E-state index in [4.69, 9.17) is 10.2 Å². The van der Waals surface area contributed by atoms with Gasteiger partial charge in [-0.3, -0.25) is 0 Å².